The summed E-state index contributed by atoms with van der Waals surface area (Å²) in [7, 11) is -9.92. The minimum absolute atomic E-state index is 0.109. The normalized spacial score (nSPS) is 13.8. The van der Waals surface area contributed by atoms with Gasteiger partial charge in [-0.05, 0) is 31.6 Å². The van der Waals surface area contributed by atoms with Gasteiger partial charge in [0.1, 0.15) is 19.3 Å². The molecule has 2 unspecified atom stereocenters. The highest BCUT2D eigenvalue weighted by Crippen LogP contribution is 2.45. The van der Waals surface area contributed by atoms with Gasteiger partial charge >= 0.3 is 39.5 Å². The van der Waals surface area contributed by atoms with E-state index in [1.165, 1.54) is 289 Å². The minimum Gasteiger partial charge on any atom is -0.462 e. The van der Waals surface area contributed by atoms with E-state index in [4.69, 9.17) is 37.0 Å². The monoisotopic (exact) mass is 1540 g/mol. The first-order valence-electron chi connectivity index (χ1n) is 44.6. The minimum atomic E-state index is -4.96. The van der Waals surface area contributed by atoms with Crippen LogP contribution < -0.4 is 0 Å². The maximum atomic E-state index is 13.1. The van der Waals surface area contributed by atoms with Crippen LogP contribution in [0.5, 0.6) is 0 Å². The maximum absolute atomic E-state index is 13.1. The van der Waals surface area contributed by atoms with Crippen LogP contribution in [0.3, 0.4) is 0 Å². The van der Waals surface area contributed by atoms with Crippen LogP contribution in [0.2, 0.25) is 0 Å². The predicted molar refractivity (Wildman–Crippen MR) is 432 cm³/mol. The number of phosphoric ester groups is 2. The maximum Gasteiger partial charge on any atom is 0.472 e. The van der Waals surface area contributed by atoms with Crippen LogP contribution >= 0.6 is 15.6 Å². The van der Waals surface area contributed by atoms with Gasteiger partial charge in [-0.3, -0.25) is 37.3 Å². The number of rotatable bonds is 86. The van der Waals surface area contributed by atoms with E-state index in [2.05, 4.69) is 34.6 Å². The molecule has 0 heterocycles. The lowest BCUT2D eigenvalue weighted by Crippen LogP contribution is -2.30. The Labute approximate surface area is 645 Å². The second-order valence-corrected chi connectivity index (χ2v) is 34.3. The highest BCUT2D eigenvalue weighted by Gasteiger charge is 2.30. The highest BCUT2D eigenvalue weighted by atomic mass is 31.2. The molecule has 0 aromatic carbocycles. The summed E-state index contributed by atoms with van der Waals surface area (Å²) in [5, 5.41) is 10.7. The Bertz CT molecular complexity index is 2000. The average Bonchev–Trinajstić information content (AvgIpc) is 0.948. The summed E-state index contributed by atoms with van der Waals surface area (Å²) in [4.78, 5) is 73.2. The Balaban J connectivity index is 5.20. The van der Waals surface area contributed by atoms with Gasteiger partial charge < -0.3 is 33.8 Å². The number of carbonyl (C=O) groups is 4. The summed E-state index contributed by atoms with van der Waals surface area (Å²) in [6, 6.07) is 0. The molecule has 17 nitrogen and oxygen atoms in total. The van der Waals surface area contributed by atoms with Crippen LogP contribution in [0.4, 0.5) is 0 Å². The lowest BCUT2D eigenvalue weighted by atomic mass is 10.0. The number of esters is 4. The lowest BCUT2D eigenvalue weighted by Gasteiger charge is -2.21. The quantitative estimate of drug-likeness (QED) is 0.0222. The summed E-state index contributed by atoms with van der Waals surface area (Å²) in [5.41, 5.74) is 0. The summed E-state index contributed by atoms with van der Waals surface area (Å²) in [6.45, 7) is 7.38. The molecular weight excluding hydrogens is 1370 g/mol. The number of aliphatic hydroxyl groups excluding tert-OH is 1. The van der Waals surface area contributed by atoms with Gasteiger partial charge in [0, 0.05) is 25.7 Å². The molecule has 0 saturated carbocycles. The molecular formula is C86H168O17P2. The van der Waals surface area contributed by atoms with Gasteiger partial charge in [0.2, 0.25) is 0 Å². The molecule has 0 saturated heterocycles. The number of carbonyl (C=O) groups excluding carboxylic acids is 4. The SMILES string of the molecule is CCCCCCCCCCCCCCCCCCCCCCCC(=O)O[C@H](COC(=O)CCCCCCCCCCCCCCCCCC(C)C)COP(=O)(O)OC[C@@H](O)COP(=O)(O)OC[C@@H](COC(=O)CCCCCCCCCCC)OC(=O)CCCCCCCCCCCCCCCCCCC. The first kappa shape index (κ1) is 103. The summed E-state index contributed by atoms with van der Waals surface area (Å²) in [6.07, 6.45) is 72.3. The average molecular weight is 1540 g/mol. The van der Waals surface area contributed by atoms with Crippen LogP contribution in [0, 0.1) is 5.92 Å². The molecule has 3 N–H and O–H groups in total. The van der Waals surface area contributed by atoms with E-state index in [1.54, 1.807) is 0 Å². The largest absolute Gasteiger partial charge is 0.472 e. The van der Waals surface area contributed by atoms with Crippen molar-refractivity contribution in [3.63, 3.8) is 0 Å². The fraction of sp³-hybridized carbons (Fsp3) is 0.953. The molecule has 19 heteroatoms. The van der Waals surface area contributed by atoms with Crippen molar-refractivity contribution in [2.45, 2.75) is 483 Å². The molecule has 105 heavy (non-hydrogen) atoms. The zero-order valence-electron chi connectivity index (χ0n) is 68.9. The van der Waals surface area contributed by atoms with Gasteiger partial charge in [-0.1, -0.05) is 413 Å². The van der Waals surface area contributed by atoms with E-state index < -0.39 is 97.5 Å². The predicted octanol–water partition coefficient (Wildman–Crippen LogP) is 26.4. The van der Waals surface area contributed by atoms with Crippen LogP contribution in [0.1, 0.15) is 465 Å². The molecule has 0 aliphatic heterocycles. The molecule has 0 rings (SSSR count). The van der Waals surface area contributed by atoms with Crippen LogP contribution in [-0.4, -0.2) is 96.7 Å². The molecule has 624 valence electrons. The first-order valence-corrected chi connectivity index (χ1v) is 47.6. The molecule has 0 fully saturated rings. The third kappa shape index (κ3) is 79.9. The smallest absolute Gasteiger partial charge is 0.462 e. The van der Waals surface area contributed by atoms with E-state index in [9.17, 15) is 43.2 Å². The van der Waals surface area contributed by atoms with Gasteiger partial charge in [0.15, 0.2) is 12.2 Å². The second kappa shape index (κ2) is 78.7. The number of hydrogen-bond donors (Lipinski definition) is 3. The van der Waals surface area contributed by atoms with Crippen LogP contribution in [-0.2, 0) is 65.4 Å². The van der Waals surface area contributed by atoms with Gasteiger partial charge in [0.05, 0.1) is 26.4 Å². The topological polar surface area (TPSA) is 237 Å². The van der Waals surface area contributed by atoms with Crippen molar-refractivity contribution >= 4 is 39.5 Å². The third-order valence-corrected chi connectivity index (χ3v) is 22.2. The van der Waals surface area contributed by atoms with Crippen molar-refractivity contribution in [2.75, 3.05) is 39.6 Å². The molecule has 0 aromatic heterocycles. The van der Waals surface area contributed by atoms with E-state index in [-0.39, 0.29) is 25.7 Å². The Morgan fingerprint density at radius 2 is 0.438 bits per heavy atom. The number of aliphatic hydroxyl groups is 1. The molecule has 0 aliphatic carbocycles. The molecule has 0 radical (unpaired) electrons. The van der Waals surface area contributed by atoms with Crippen LogP contribution in [0.25, 0.3) is 0 Å². The van der Waals surface area contributed by atoms with Crippen molar-refractivity contribution < 1.29 is 80.2 Å². The molecule has 0 aromatic rings. The number of ether oxygens (including phenoxy) is 4. The van der Waals surface area contributed by atoms with Crippen molar-refractivity contribution in [1.29, 1.82) is 0 Å². The summed E-state index contributed by atoms with van der Waals surface area (Å²) in [5.74, 6) is -1.29. The first-order chi connectivity index (χ1) is 51.0. The zero-order chi connectivity index (χ0) is 76.9. The molecule has 0 amide bonds. The third-order valence-electron chi connectivity index (χ3n) is 20.3. The van der Waals surface area contributed by atoms with E-state index >= 15 is 0 Å². The van der Waals surface area contributed by atoms with Crippen molar-refractivity contribution in [3.8, 4) is 0 Å². The van der Waals surface area contributed by atoms with E-state index in [0.717, 1.165) is 95.8 Å². The Morgan fingerprint density at radius 1 is 0.257 bits per heavy atom. The molecule has 5 atom stereocenters. The van der Waals surface area contributed by atoms with Gasteiger partial charge in [0.25, 0.3) is 0 Å². The molecule has 0 spiro atoms. The fourth-order valence-electron chi connectivity index (χ4n) is 13.5. The van der Waals surface area contributed by atoms with Crippen molar-refractivity contribution in [3.05, 3.63) is 0 Å². The van der Waals surface area contributed by atoms with E-state index in [1.807, 2.05) is 0 Å². The van der Waals surface area contributed by atoms with Crippen LogP contribution in [0.15, 0.2) is 0 Å². The molecule has 0 bridgehead atoms. The number of phosphoric acid groups is 2. The van der Waals surface area contributed by atoms with Gasteiger partial charge in [-0.2, -0.15) is 0 Å². The van der Waals surface area contributed by atoms with Gasteiger partial charge in [-0.15, -0.1) is 0 Å². The second-order valence-electron chi connectivity index (χ2n) is 31.4. The standard InChI is InChI=1S/C86H168O17P2/c1-6-9-12-15-18-21-23-25-27-29-30-31-32-34-38-43-47-52-57-62-67-72-86(91)103-82(76-97-84(89)70-65-60-55-50-45-41-39-35-36-40-44-49-53-58-63-68-79(4)5)78-101-105(94,95)99-74-80(87)73-98-104(92,93)100-77-81(75-96-83(88)69-64-59-54-48-20-17-14-11-8-3)102-85(90)71-66-61-56-51-46-42-37-33-28-26-24-22-19-16-13-10-7-2/h79-82,87H,6-78H2,1-5H3,(H,92,93)(H,94,95)/t80-,81+,82+/m0/s1. The highest BCUT2D eigenvalue weighted by molar-refractivity contribution is 7.47. The Kier molecular flexibility index (Phi) is 77.3. The summed E-state index contributed by atoms with van der Waals surface area (Å²) >= 11 is 0. The Hall–Kier alpha value is -1.94. The lowest BCUT2D eigenvalue weighted by molar-refractivity contribution is -0.161. The van der Waals surface area contributed by atoms with E-state index in [0.29, 0.717) is 25.7 Å². The fourth-order valence-corrected chi connectivity index (χ4v) is 15.1. The van der Waals surface area contributed by atoms with Crippen molar-refractivity contribution in [2.24, 2.45) is 5.92 Å². The Morgan fingerprint density at radius 3 is 0.648 bits per heavy atom. The van der Waals surface area contributed by atoms with Crippen molar-refractivity contribution in [1.82, 2.24) is 0 Å². The molecule has 0 aliphatic rings. The summed E-state index contributed by atoms with van der Waals surface area (Å²) < 4.78 is 68.9. The number of hydrogen-bond acceptors (Lipinski definition) is 15. The number of unbranched alkanes of at least 4 members (excludes halogenated alkanes) is 58. The van der Waals surface area contributed by atoms with Gasteiger partial charge in [-0.25, -0.2) is 9.13 Å². The zero-order valence-corrected chi connectivity index (χ0v) is 70.7.